The fourth-order valence-corrected chi connectivity index (χ4v) is 7.24. The SMILES string of the molecule is C=C/C=C(\C=C)c1nc(C2=CCCC=C2)nc(-c2cc(C(=C/Cc3ccccn3)/C=C(\CC)c3ccccn3)cc(-c3cc(-c4ccccn4)cc(-c4ccccn4)c3)c2)n1. The van der Waals surface area contributed by atoms with Crippen molar-refractivity contribution >= 4 is 22.3 Å². The van der Waals surface area contributed by atoms with Crippen LogP contribution in [0.15, 0.2) is 196 Å². The van der Waals surface area contributed by atoms with Gasteiger partial charge in [0, 0.05) is 64.7 Å². The second-order valence-electron chi connectivity index (χ2n) is 14.5. The molecule has 7 heteroatoms. The van der Waals surface area contributed by atoms with E-state index in [4.69, 9.17) is 29.9 Å². The predicted molar refractivity (Wildman–Crippen MR) is 250 cm³/mol. The lowest BCUT2D eigenvalue weighted by atomic mass is 9.91. The second-order valence-corrected chi connectivity index (χ2v) is 14.5. The van der Waals surface area contributed by atoms with Crippen LogP contribution in [-0.4, -0.2) is 34.9 Å². The number of pyridine rings is 4. The molecule has 0 spiro atoms. The van der Waals surface area contributed by atoms with Crippen LogP contribution in [0.3, 0.4) is 0 Å². The van der Waals surface area contributed by atoms with Gasteiger partial charge in [0.05, 0.1) is 17.1 Å². The van der Waals surface area contributed by atoms with Crippen molar-refractivity contribution in [2.75, 3.05) is 0 Å². The van der Waals surface area contributed by atoms with Gasteiger partial charge in [0.2, 0.25) is 0 Å². The highest BCUT2D eigenvalue weighted by Gasteiger charge is 2.18. The minimum absolute atomic E-state index is 0.519. The molecule has 0 saturated carbocycles. The van der Waals surface area contributed by atoms with E-state index in [0.717, 1.165) is 97.7 Å². The summed E-state index contributed by atoms with van der Waals surface area (Å²) in [6.45, 7) is 10.2. The molecule has 5 aromatic heterocycles. The van der Waals surface area contributed by atoms with Crippen LogP contribution in [0.4, 0.5) is 0 Å². The van der Waals surface area contributed by atoms with Crippen LogP contribution in [0.5, 0.6) is 0 Å². The standard InChI is InChI=1S/C54H45N7/c1-4-18-38(5-2)52-59-53(40-19-8-7-9-20-40)61-54(60-52)47-35-42(41(25-26-48-21-10-14-27-55-48)31-39(6-3)49-22-11-15-28-56-49)32-43(36-47)44-33-45(50-23-12-16-29-57-50)37-46(34-44)51-24-13-17-30-58-51/h4-5,8,10-25,27-37H,1-2,6-7,9,26H2,3H3/b38-18+,39-31+,41-25+. The monoisotopic (exact) mass is 791 g/mol. The molecule has 0 fully saturated rings. The molecule has 0 radical (unpaired) electrons. The zero-order valence-electron chi connectivity index (χ0n) is 34.2. The van der Waals surface area contributed by atoms with Crippen LogP contribution in [0, 0.1) is 0 Å². The Morgan fingerprint density at radius 3 is 1.87 bits per heavy atom. The molecule has 1 aliphatic carbocycles. The highest BCUT2D eigenvalue weighted by atomic mass is 15.0. The topological polar surface area (TPSA) is 90.2 Å². The Morgan fingerprint density at radius 2 is 1.26 bits per heavy atom. The van der Waals surface area contributed by atoms with Crippen molar-refractivity contribution in [2.24, 2.45) is 0 Å². The van der Waals surface area contributed by atoms with E-state index >= 15 is 0 Å². The average Bonchev–Trinajstić information content (AvgIpc) is 3.34. The summed E-state index contributed by atoms with van der Waals surface area (Å²) >= 11 is 0. The third-order valence-electron chi connectivity index (χ3n) is 10.3. The van der Waals surface area contributed by atoms with E-state index in [1.165, 1.54) is 0 Å². The molecule has 0 atom stereocenters. The minimum Gasteiger partial charge on any atom is -0.261 e. The zero-order chi connectivity index (χ0) is 41.8. The van der Waals surface area contributed by atoms with Crippen LogP contribution < -0.4 is 0 Å². The van der Waals surface area contributed by atoms with Crippen LogP contribution in [0.1, 0.15) is 54.8 Å². The van der Waals surface area contributed by atoms with Gasteiger partial charge in [-0.1, -0.05) is 86.9 Å². The number of hydrogen-bond acceptors (Lipinski definition) is 7. The van der Waals surface area contributed by atoms with E-state index in [0.29, 0.717) is 23.9 Å². The summed E-state index contributed by atoms with van der Waals surface area (Å²) in [5, 5.41) is 0. The van der Waals surface area contributed by atoms with Gasteiger partial charge in [-0.15, -0.1) is 0 Å². The van der Waals surface area contributed by atoms with Crippen molar-refractivity contribution in [1.82, 2.24) is 34.9 Å². The van der Waals surface area contributed by atoms with Crippen molar-refractivity contribution in [2.45, 2.75) is 32.6 Å². The van der Waals surface area contributed by atoms with Crippen molar-refractivity contribution in [1.29, 1.82) is 0 Å². The molecule has 0 aliphatic heterocycles. The summed E-state index contributed by atoms with van der Waals surface area (Å²) in [7, 11) is 0. The molecule has 1 aliphatic rings. The Hall–Kier alpha value is -7.77. The van der Waals surface area contributed by atoms with Gasteiger partial charge >= 0.3 is 0 Å². The largest absolute Gasteiger partial charge is 0.261 e. The number of aromatic nitrogens is 7. The van der Waals surface area contributed by atoms with Gasteiger partial charge in [0.1, 0.15) is 0 Å². The lowest BCUT2D eigenvalue weighted by molar-refractivity contribution is 0.985. The van der Waals surface area contributed by atoms with E-state index < -0.39 is 0 Å². The van der Waals surface area contributed by atoms with Gasteiger partial charge in [-0.25, -0.2) is 15.0 Å². The van der Waals surface area contributed by atoms with Crippen LogP contribution in [-0.2, 0) is 6.42 Å². The van der Waals surface area contributed by atoms with Gasteiger partial charge < -0.3 is 0 Å². The summed E-state index contributed by atoms with van der Waals surface area (Å²) in [4.78, 5) is 34.2. The lowest BCUT2D eigenvalue weighted by Gasteiger charge is -2.16. The van der Waals surface area contributed by atoms with Crippen LogP contribution in [0.25, 0.3) is 67.3 Å². The third kappa shape index (κ3) is 9.75. The first-order chi connectivity index (χ1) is 30.1. The summed E-state index contributed by atoms with van der Waals surface area (Å²) < 4.78 is 0. The number of nitrogens with zero attached hydrogens (tertiary/aromatic N) is 7. The van der Waals surface area contributed by atoms with Crippen molar-refractivity contribution in [3.8, 4) is 45.0 Å². The van der Waals surface area contributed by atoms with E-state index in [9.17, 15) is 0 Å². The molecule has 0 amide bonds. The Balaban J connectivity index is 1.41. The molecular formula is C54H45N7. The summed E-state index contributed by atoms with van der Waals surface area (Å²) in [5.41, 5.74) is 13.2. The number of rotatable bonds is 14. The highest BCUT2D eigenvalue weighted by Crippen LogP contribution is 2.37. The smallest absolute Gasteiger partial charge is 0.164 e. The number of allylic oxidation sites excluding steroid dienone is 12. The van der Waals surface area contributed by atoms with Crippen molar-refractivity contribution < 1.29 is 0 Å². The summed E-state index contributed by atoms with van der Waals surface area (Å²) in [6.07, 6.45) is 26.9. The van der Waals surface area contributed by atoms with Gasteiger partial charge in [-0.05, 0) is 138 Å². The van der Waals surface area contributed by atoms with Gasteiger partial charge in [-0.2, -0.15) is 0 Å². The molecule has 0 unspecified atom stereocenters. The number of benzene rings is 2. The molecule has 7 nitrogen and oxygen atoms in total. The molecule has 61 heavy (non-hydrogen) atoms. The third-order valence-corrected chi connectivity index (χ3v) is 10.3. The maximum absolute atomic E-state index is 5.18. The van der Waals surface area contributed by atoms with E-state index in [-0.39, 0.29) is 0 Å². The first-order valence-electron chi connectivity index (χ1n) is 20.5. The van der Waals surface area contributed by atoms with Crippen LogP contribution in [0.2, 0.25) is 0 Å². The maximum Gasteiger partial charge on any atom is 0.164 e. The summed E-state index contributed by atoms with van der Waals surface area (Å²) in [5.74, 6) is 1.66. The molecule has 8 rings (SSSR count). The van der Waals surface area contributed by atoms with Crippen LogP contribution >= 0.6 is 0 Å². The van der Waals surface area contributed by atoms with Crippen molar-refractivity contribution in [3.63, 3.8) is 0 Å². The van der Waals surface area contributed by atoms with Crippen molar-refractivity contribution in [3.05, 3.63) is 224 Å². The van der Waals surface area contributed by atoms with E-state index in [1.807, 2.05) is 91.5 Å². The molecule has 296 valence electrons. The Kier molecular flexibility index (Phi) is 12.7. The highest BCUT2D eigenvalue weighted by molar-refractivity contribution is 5.89. The average molecular weight is 792 g/mol. The molecule has 0 saturated heterocycles. The number of hydrogen-bond donors (Lipinski definition) is 0. The summed E-state index contributed by atoms with van der Waals surface area (Å²) in [6, 6.07) is 37.1. The predicted octanol–water partition coefficient (Wildman–Crippen LogP) is 12.7. The Morgan fingerprint density at radius 1 is 0.623 bits per heavy atom. The van der Waals surface area contributed by atoms with E-state index in [1.54, 1.807) is 12.2 Å². The van der Waals surface area contributed by atoms with Gasteiger partial charge in [-0.3, -0.25) is 19.9 Å². The normalized spacial score (nSPS) is 13.1. The second kappa shape index (κ2) is 19.3. The van der Waals surface area contributed by atoms with E-state index in [2.05, 4.69) is 104 Å². The van der Waals surface area contributed by atoms with Gasteiger partial charge in [0.25, 0.3) is 0 Å². The minimum atomic E-state index is 0.519. The quantitative estimate of drug-likeness (QED) is 0.101. The first-order valence-corrected chi connectivity index (χ1v) is 20.5. The fourth-order valence-electron chi connectivity index (χ4n) is 7.24. The molecule has 5 heterocycles. The molecule has 0 bridgehead atoms. The first kappa shape index (κ1) is 40.0. The molecule has 7 aromatic rings. The zero-order valence-corrected chi connectivity index (χ0v) is 34.2. The van der Waals surface area contributed by atoms with Gasteiger partial charge in [0.15, 0.2) is 17.5 Å². The molecular weight excluding hydrogens is 747 g/mol. The Bertz CT molecular complexity index is 2760. The maximum atomic E-state index is 5.18. The Labute approximate surface area is 357 Å². The molecule has 2 aromatic carbocycles. The lowest BCUT2D eigenvalue weighted by Crippen LogP contribution is -2.05. The fraction of sp³-hybridized carbons (Fsp3) is 0.0926. The molecule has 0 N–H and O–H groups in total.